The molecule has 0 heterocycles. The predicted molar refractivity (Wildman–Crippen MR) is 88.8 cm³/mol. The Bertz CT molecular complexity index is 484. The van der Waals surface area contributed by atoms with Gasteiger partial charge in [-0.1, -0.05) is 26.7 Å². The molecule has 2 unspecified atom stereocenters. The third-order valence-electron chi connectivity index (χ3n) is 4.61. The summed E-state index contributed by atoms with van der Waals surface area (Å²) in [4.78, 5) is 12.3. The zero-order chi connectivity index (χ0) is 15.2. The van der Waals surface area contributed by atoms with E-state index >= 15 is 0 Å². The highest BCUT2D eigenvalue weighted by atomic mass is 16.1. The predicted octanol–water partition coefficient (Wildman–Crippen LogP) is 3.98. The molecule has 0 aliphatic heterocycles. The number of amides is 1. The van der Waals surface area contributed by atoms with Crippen LogP contribution in [0.1, 0.15) is 55.5 Å². The van der Waals surface area contributed by atoms with Gasteiger partial charge < -0.3 is 10.6 Å². The molecule has 0 spiro atoms. The van der Waals surface area contributed by atoms with Crippen LogP contribution in [0.3, 0.4) is 0 Å². The Morgan fingerprint density at radius 3 is 2.76 bits per heavy atom. The lowest BCUT2D eigenvalue weighted by Gasteiger charge is -2.16. The molecule has 21 heavy (non-hydrogen) atoms. The Labute approximate surface area is 128 Å². The molecule has 1 fully saturated rings. The van der Waals surface area contributed by atoms with E-state index in [1.807, 2.05) is 19.1 Å². The first-order valence-corrected chi connectivity index (χ1v) is 8.24. The van der Waals surface area contributed by atoms with E-state index < -0.39 is 0 Å². The normalized spacial score (nSPS) is 21.3. The van der Waals surface area contributed by atoms with Gasteiger partial charge in [0.05, 0.1) is 0 Å². The minimum absolute atomic E-state index is 0.0636. The highest BCUT2D eigenvalue weighted by molar-refractivity contribution is 5.96. The molecule has 0 radical (unpaired) electrons. The summed E-state index contributed by atoms with van der Waals surface area (Å²) in [5.74, 6) is 1.46. The van der Waals surface area contributed by atoms with Gasteiger partial charge in [0.15, 0.2) is 0 Å². The Kier molecular flexibility index (Phi) is 5.66. The maximum absolute atomic E-state index is 12.3. The molecule has 0 saturated heterocycles. The van der Waals surface area contributed by atoms with Crippen LogP contribution in [-0.4, -0.2) is 19.0 Å². The number of carbonyl (C=O) groups is 1. The van der Waals surface area contributed by atoms with Gasteiger partial charge in [0, 0.05) is 24.3 Å². The summed E-state index contributed by atoms with van der Waals surface area (Å²) in [5.41, 5.74) is 2.92. The van der Waals surface area contributed by atoms with E-state index in [2.05, 4.69) is 30.5 Å². The highest BCUT2D eigenvalue weighted by Gasteiger charge is 2.23. The molecule has 1 aliphatic rings. The van der Waals surface area contributed by atoms with E-state index in [1.54, 1.807) is 0 Å². The van der Waals surface area contributed by atoms with Crippen LogP contribution in [0.2, 0.25) is 0 Å². The van der Waals surface area contributed by atoms with Crippen molar-refractivity contribution in [3.8, 4) is 0 Å². The second kappa shape index (κ2) is 7.48. The third-order valence-corrected chi connectivity index (χ3v) is 4.61. The fourth-order valence-corrected chi connectivity index (χ4v) is 3.14. The van der Waals surface area contributed by atoms with Gasteiger partial charge in [0.1, 0.15) is 0 Å². The molecule has 2 rings (SSSR count). The summed E-state index contributed by atoms with van der Waals surface area (Å²) in [5, 5.41) is 6.47. The molecule has 1 aromatic carbocycles. The summed E-state index contributed by atoms with van der Waals surface area (Å²) < 4.78 is 0. The van der Waals surface area contributed by atoms with E-state index in [0.29, 0.717) is 5.92 Å². The summed E-state index contributed by atoms with van der Waals surface area (Å²) in [6.07, 6.45) is 4.96. The summed E-state index contributed by atoms with van der Waals surface area (Å²) >= 11 is 0. The standard InChI is InChI=1S/C18H28N2O/c1-4-10-19-16-8-9-17(14(3)11-16)18(21)20-12-15-7-5-6-13(15)2/h8-9,11,13,15,19H,4-7,10,12H2,1-3H3,(H,20,21). The van der Waals surface area contributed by atoms with Crippen LogP contribution in [0.25, 0.3) is 0 Å². The summed E-state index contributed by atoms with van der Waals surface area (Å²) in [7, 11) is 0. The molecule has 116 valence electrons. The molecule has 2 N–H and O–H groups in total. The minimum atomic E-state index is 0.0636. The van der Waals surface area contributed by atoms with Gasteiger partial charge in [-0.3, -0.25) is 4.79 Å². The second-order valence-corrected chi connectivity index (χ2v) is 6.33. The lowest BCUT2D eigenvalue weighted by molar-refractivity contribution is 0.0944. The van der Waals surface area contributed by atoms with Crippen molar-refractivity contribution in [2.45, 2.75) is 46.5 Å². The molecular formula is C18H28N2O. The topological polar surface area (TPSA) is 41.1 Å². The van der Waals surface area contributed by atoms with Crippen molar-refractivity contribution in [3.63, 3.8) is 0 Å². The van der Waals surface area contributed by atoms with Gasteiger partial charge in [-0.25, -0.2) is 0 Å². The van der Waals surface area contributed by atoms with E-state index in [0.717, 1.165) is 42.2 Å². The number of carbonyl (C=O) groups excluding carboxylic acids is 1. The average molecular weight is 288 g/mol. The van der Waals surface area contributed by atoms with E-state index in [9.17, 15) is 4.79 Å². The first kappa shape index (κ1) is 15.9. The first-order chi connectivity index (χ1) is 10.1. The number of hydrogen-bond donors (Lipinski definition) is 2. The van der Waals surface area contributed by atoms with Crippen molar-refractivity contribution in [1.82, 2.24) is 5.32 Å². The second-order valence-electron chi connectivity index (χ2n) is 6.33. The molecule has 3 nitrogen and oxygen atoms in total. The van der Waals surface area contributed by atoms with Crippen molar-refractivity contribution in [1.29, 1.82) is 0 Å². The molecule has 3 heteroatoms. The zero-order valence-corrected chi connectivity index (χ0v) is 13.5. The van der Waals surface area contributed by atoms with Gasteiger partial charge in [-0.05, 0) is 55.4 Å². The number of nitrogens with one attached hydrogen (secondary N) is 2. The lowest BCUT2D eigenvalue weighted by Crippen LogP contribution is -2.30. The number of rotatable bonds is 6. The summed E-state index contributed by atoms with van der Waals surface area (Å²) in [6.45, 7) is 8.22. The van der Waals surface area contributed by atoms with Crippen LogP contribution < -0.4 is 10.6 Å². The van der Waals surface area contributed by atoms with E-state index in [-0.39, 0.29) is 5.91 Å². The number of benzene rings is 1. The van der Waals surface area contributed by atoms with Gasteiger partial charge in [0.2, 0.25) is 0 Å². The zero-order valence-electron chi connectivity index (χ0n) is 13.5. The van der Waals surface area contributed by atoms with Gasteiger partial charge >= 0.3 is 0 Å². The van der Waals surface area contributed by atoms with Gasteiger partial charge in [0.25, 0.3) is 5.91 Å². The largest absolute Gasteiger partial charge is 0.385 e. The highest BCUT2D eigenvalue weighted by Crippen LogP contribution is 2.30. The quantitative estimate of drug-likeness (QED) is 0.831. The van der Waals surface area contributed by atoms with Crippen LogP contribution in [0, 0.1) is 18.8 Å². The smallest absolute Gasteiger partial charge is 0.251 e. The fraction of sp³-hybridized carbons (Fsp3) is 0.611. The van der Waals surface area contributed by atoms with Crippen LogP contribution >= 0.6 is 0 Å². The van der Waals surface area contributed by atoms with Crippen molar-refractivity contribution in [3.05, 3.63) is 29.3 Å². The first-order valence-electron chi connectivity index (χ1n) is 8.24. The van der Waals surface area contributed by atoms with Crippen LogP contribution in [0.5, 0.6) is 0 Å². The molecule has 0 aromatic heterocycles. The van der Waals surface area contributed by atoms with E-state index in [1.165, 1.54) is 19.3 Å². The van der Waals surface area contributed by atoms with E-state index in [4.69, 9.17) is 0 Å². The molecule has 0 bridgehead atoms. The van der Waals surface area contributed by atoms with Gasteiger partial charge in [-0.2, -0.15) is 0 Å². The Morgan fingerprint density at radius 2 is 2.14 bits per heavy atom. The van der Waals surface area contributed by atoms with Crippen LogP contribution in [0.15, 0.2) is 18.2 Å². The summed E-state index contributed by atoms with van der Waals surface area (Å²) in [6, 6.07) is 5.99. The fourth-order valence-electron chi connectivity index (χ4n) is 3.14. The van der Waals surface area contributed by atoms with Crippen molar-refractivity contribution >= 4 is 11.6 Å². The van der Waals surface area contributed by atoms with Crippen molar-refractivity contribution < 1.29 is 4.79 Å². The van der Waals surface area contributed by atoms with Crippen LogP contribution in [0.4, 0.5) is 5.69 Å². The monoisotopic (exact) mass is 288 g/mol. The maximum atomic E-state index is 12.3. The Morgan fingerprint density at radius 1 is 1.33 bits per heavy atom. The molecule has 1 aliphatic carbocycles. The third kappa shape index (κ3) is 4.23. The Hall–Kier alpha value is -1.51. The van der Waals surface area contributed by atoms with Crippen LogP contribution in [-0.2, 0) is 0 Å². The number of hydrogen-bond acceptors (Lipinski definition) is 2. The number of anilines is 1. The molecule has 1 aromatic rings. The van der Waals surface area contributed by atoms with Gasteiger partial charge in [-0.15, -0.1) is 0 Å². The SMILES string of the molecule is CCCNc1ccc(C(=O)NCC2CCCC2C)c(C)c1. The molecule has 1 saturated carbocycles. The maximum Gasteiger partial charge on any atom is 0.251 e. The lowest BCUT2D eigenvalue weighted by atomic mass is 9.98. The molecular weight excluding hydrogens is 260 g/mol. The van der Waals surface area contributed by atoms with Crippen molar-refractivity contribution in [2.75, 3.05) is 18.4 Å². The number of aryl methyl sites for hydroxylation is 1. The van der Waals surface area contributed by atoms with Crippen molar-refractivity contribution in [2.24, 2.45) is 11.8 Å². The molecule has 2 atom stereocenters. The average Bonchev–Trinajstić information content (AvgIpc) is 2.88. The molecule has 1 amide bonds. The minimum Gasteiger partial charge on any atom is -0.385 e. The Balaban J connectivity index is 1.92.